The Morgan fingerprint density at radius 2 is 1.37 bits per heavy atom. The Morgan fingerprint density at radius 1 is 0.653 bits per heavy atom. The molecule has 49 heavy (non-hydrogen) atoms. The van der Waals surface area contributed by atoms with Crippen molar-refractivity contribution in [2.75, 3.05) is 0 Å². The zero-order chi connectivity index (χ0) is 32.9. The zero-order valence-corrected chi connectivity index (χ0v) is 27.5. The lowest BCUT2D eigenvalue weighted by Gasteiger charge is -2.29. The van der Waals surface area contributed by atoms with Crippen molar-refractivity contribution < 1.29 is 8.83 Å². The number of aromatic nitrogens is 1. The van der Waals surface area contributed by atoms with Gasteiger partial charge in [-0.05, 0) is 77.2 Å². The summed E-state index contributed by atoms with van der Waals surface area (Å²) in [6, 6.07) is 41.3. The lowest BCUT2D eigenvalue weighted by Crippen LogP contribution is -2.21. The molecule has 3 heterocycles. The molecular formula is C46H33NO2. The maximum absolute atomic E-state index is 6.76. The van der Waals surface area contributed by atoms with Gasteiger partial charge in [0.15, 0.2) is 0 Å². The Bertz CT molecular complexity index is 2900. The third-order valence-electron chi connectivity index (χ3n) is 10.7. The fraction of sp³-hybridized carbons (Fsp3) is 0.0870. The maximum Gasteiger partial charge on any atom is 0.145 e. The Balaban J connectivity index is 1.36. The van der Waals surface area contributed by atoms with Gasteiger partial charge in [-0.3, -0.25) is 0 Å². The molecule has 1 aliphatic carbocycles. The van der Waals surface area contributed by atoms with Crippen molar-refractivity contribution in [3.8, 4) is 16.8 Å². The van der Waals surface area contributed by atoms with E-state index in [4.69, 9.17) is 8.83 Å². The van der Waals surface area contributed by atoms with Crippen LogP contribution in [0.3, 0.4) is 0 Å². The van der Waals surface area contributed by atoms with Gasteiger partial charge < -0.3 is 13.4 Å². The van der Waals surface area contributed by atoms with Gasteiger partial charge in [0.25, 0.3) is 0 Å². The third-order valence-corrected chi connectivity index (χ3v) is 10.7. The van der Waals surface area contributed by atoms with Crippen molar-refractivity contribution in [1.29, 1.82) is 0 Å². The maximum atomic E-state index is 6.76. The van der Waals surface area contributed by atoms with E-state index in [2.05, 4.69) is 146 Å². The monoisotopic (exact) mass is 631 g/mol. The summed E-state index contributed by atoms with van der Waals surface area (Å²) in [5, 5.41) is 6.74. The van der Waals surface area contributed by atoms with Gasteiger partial charge >= 0.3 is 0 Å². The van der Waals surface area contributed by atoms with Crippen LogP contribution < -0.4 is 0 Å². The number of nitrogens with zero attached hydrogens (tertiary/aromatic N) is 1. The first-order chi connectivity index (χ1) is 24.0. The summed E-state index contributed by atoms with van der Waals surface area (Å²) >= 11 is 0. The molecule has 9 aromatic rings. The van der Waals surface area contributed by atoms with Gasteiger partial charge in [-0.1, -0.05) is 111 Å². The second-order valence-corrected chi connectivity index (χ2v) is 13.8. The van der Waals surface area contributed by atoms with E-state index in [9.17, 15) is 0 Å². The van der Waals surface area contributed by atoms with Crippen molar-refractivity contribution in [3.05, 3.63) is 163 Å². The highest BCUT2D eigenvalue weighted by Gasteiger charge is 2.28. The molecule has 0 atom stereocenters. The molecule has 0 saturated carbocycles. The number of allylic oxidation sites excluding steroid dienone is 5. The van der Waals surface area contributed by atoms with E-state index in [1.165, 1.54) is 11.1 Å². The van der Waals surface area contributed by atoms with Crippen LogP contribution in [0.2, 0.25) is 0 Å². The number of hydrogen-bond donors (Lipinski definition) is 0. The lowest BCUT2D eigenvalue weighted by atomic mass is 9.75. The van der Waals surface area contributed by atoms with Crippen LogP contribution in [0.15, 0.2) is 161 Å². The summed E-state index contributed by atoms with van der Waals surface area (Å²) in [6.07, 6.45) is 9.48. The van der Waals surface area contributed by atoms with Crippen LogP contribution in [0.5, 0.6) is 0 Å². The van der Waals surface area contributed by atoms with E-state index < -0.39 is 0 Å². The summed E-state index contributed by atoms with van der Waals surface area (Å²) < 4.78 is 15.5. The predicted octanol–water partition coefficient (Wildman–Crippen LogP) is 12.8. The molecule has 0 unspecified atom stereocenters. The van der Waals surface area contributed by atoms with Crippen LogP contribution in [0.25, 0.3) is 82.5 Å². The molecule has 10 rings (SSSR count). The van der Waals surface area contributed by atoms with E-state index in [0.717, 1.165) is 94.5 Å². The standard InChI is InChI=1S/C46H33NO2/c1-28-13-5-4-6-14-29-21-23-31(26-38(29)46(28,2)3)47-39-18-10-7-17-34(39)43-44(47)35(27-37-33-16-9-12-20-41(33)49-45(37)43)30-22-24-42-36(25-30)32-15-8-11-19-40(32)48-42/h4-13,15-27H,1,14H2,2-3H3/b6-4-,13-5-. The minimum absolute atomic E-state index is 0.255. The first kappa shape index (κ1) is 28.0. The summed E-state index contributed by atoms with van der Waals surface area (Å²) in [7, 11) is 0. The third kappa shape index (κ3) is 4.02. The highest BCUT2D eigenvalue weighted by molar-refractivity contribution is 6.27. The Kier molecular flexibility index (Phi) is 5.84. The van der Waals surface area contributed by atoms with Crippen molar-refractivity contribution in [1.82, 2.24) is 4.57 Å². The Hall–Kier alpha value is -6.06. The van der Waals surface area contributed by atoms with E-state index >= 15 is 0 Å². The Morgan fingerprint density at radius 3 is 2.20 bits per heavy atom. The van der Waals surface area contributed by atoms with Crippen molar-refractivity contribution >= 4 is 65.7 Å². The van der Waals surface area contributed by atoms with Crippen LogP contribution >= 0.6 is 0 Å². The molecular weight excluding hydrogens is 599 g/mol. The van der Waals surface area contributed by atoms with Crippen LogP contribution in [0.1, 0.15) is 25.0 Å². The number of benzene rings is 6. The average Bonchev–Trinajstić information content (AvgIpc) is 3.80. The molecule has 3 heteroatoms. The SMILES string of the molecule is C=C1/C=C\C=C/Cc2ccc(-n3c4ccccc4c4c5oc6ccccc6c5cc(-c5ccc6oc7ccccc7c6c5)c43)cc2C1(C)C. The fourth-order valence-corrected chi connectivity index (χ4v) is 8.00. The minimum atomic E-state index is -0.255. The average molecular weight is 632 g/mol. The normalized spacial score (nSPS) is 16.0. The van der Waals surface area contributed by atoms with Gasteiger partial charge in [-0.25, -0.2) is 0 Å². The number of furan rings is 2. The molecule has 0 aliphatic heterocycles. The van der Waals surface area contributed by atoms with Gasteiger partial charge in [0.1, 0.15) is 22.3 Å². The molecule has 234 valence electrons. The van der Waals surface area contributed by atoms with E-state index in [0.29, 0.717) is 0 Å². The summed E-state index contributed by atoms with van der Waals surface area (Å²) in [6.45, 7) is 9.07. The molecule has 1 aliphatic rings. The molecule has 0 fully saturated rings. The molecule has 6 aromatic carbocycles. The zero-order valence-electron chi connectivity index (χ0n) is 27.5. The molecule has 0 bridgehead atoms. The molecule has 0 amide bonds. The highest BCUT2D eigenvalue weighted by atomic mass is 16.3. The van der Waals surface area contributed by atoms with E-state index in [1.54, 1.807) is 0 Å². The fourth-order valence-electron chi connectivity index (χ4n) is 8.00. The van der Waals surface area contributed by atoms with E-state index in [1.807, 2.05) is 18.2 Å². The Labute approximate surface area is 283 Å². The van der Waals surface area contributed by atoms with E-state index in [-0.39, 0.29) is 5.41 Å². The van der Waals surface area contributed by atoms with Crippen LogP contribution in [0.4, 0.5) is 0 Å². The molecule has 0 N–H and O–H groups in total. The van der Waals surface area contributed by atoms with Crippen LogP contribution in [-0.2, 0) is 11.8 Å². The smallest absolute Gasteiger partial charge is 0.145 e. The lowest BCUT2D eigenvalue weighted by molar-refractivity contribution is 0.634. The topological polar surface area (TPSA) is 31.2 Å². The summed E-state index contributed by atoms with van der Waals surface area (Å²) in [4.78, 5) is 0. The molecule has 0 radical (unpaired) electrons. The molecule has 3 aromatic heterocycles. The van der Waals surface area contributed by atoms with Crippen LogP contribution in [-0.4, -0.2) is 4.57 Å². The number of fused-ring (bicyclic) bond motifs is 11. The second-order valence-electron chi connectivity index (χ2n) is 13.8. The first-order valence-corrected chi connectivity index (χ1v) is 16.9. The van der Waals surface area contributed by atoms with Gasteiger partial charge in [0.05, 0.1) is 16.4 Å². The molecule has 0 saturated heterocycles. The summed E-state index contributed by atoms with van der Waals surface area (Å²) in [5.74, 6) is 0. The van der Waals surface area contributed by atoms with Crippen molar-refractivity contribution in [2.24, 2.45) is 0 Å². The van der Waals surface area contributed by atoms with Gasteiger partial charge in [-0.15, -0.1) is 0 Å². The van der Waals surface area contributed by atoms with Crippen molar-refractivity contribution in [2.45, 2.75) is 25.7 Å². The first-order valence-electron chi connectivity index (χ1n) is 16.9. The van der Waals surface area contributed by atoms with Gasteiger partial charge in [0.2, 0.25) is 0 Å². The van der Waals surface area contributed by atoms with Gasteiger partial charge in [-0.2, -0.15) is 0 Å². The number of rotatable bonds is 2. The second kappa shape index (κ2) is 10.2. The van der Waals surface area contributed by atoms with Gasteiger partial charge in [0, 0.05) is 43.6 Å². The number of para-hydroxylation sites is 3. The quantitative estimate of drug-likeness (QED) is 0.190. The largest absolute Gasteiger partial charge is 0.456 e. The highest BCUT2D eigenvalue weighted by Crippen LogP contribution is 2.47. The van der Waals surface area contributed by atoms with Crippen molar-refractivity contribution in [3.63, 3.8) is 0 Å². The summed E-state index contributed by atoms with van der Waals surface area (Å²) in [5.41, 5.74) is 12.7. The molecule has 0 spiro atoms. The predicted molar refractivity (Wildman–Crippen MR) is 205 cm³/mol. The van der Waals surface area contributed by atoms with Crippen LogP contribution in [0, 0.1) is 0 Å². The molecule has 3 nitrogen and oxygen atoms in total. The number of hydrogen-bond acceptors (Lipinski definition) is 2. The minimum Gasteiger partial charge on any atom is -0.456 e.